The van der Waals surface area contributed by atoms with Crippen LogP contribution in [0.1, 0.15) is 65.0 Å². The Morgan fingerprint density at radius 2 is 1.71 bits per heavy atom. The van der Waals surface area contributed by atoms with Gasteiger partial charge in [-0.1, -0.05) is 44.2 Å². The van der Waals surface area contributed by atoms with Gasteiger partial charge >= 0.3 is 0 Å². The third-order valence-corrected chi connectivity index (χ3v) is 6.96. The Labute approximate surface area is 208 Å². The van der Waals surface area contributed by atoms with Crippen molar-refractivity contribution in [2.24, 2.45) is 5.92 Å². The number of hydrogen-bond acceptors (Lipinski definition) is 4. The molecule has 2 aromatic rings. The highest BCUT2D eigenvalue weighted by Crippen LogP contribution is 2.30. The standard InChI is InChI=1S/C29H35N3O3/c1-4-21(3)17-30-19-25-13-12-24(27(33)5-2)16-26(25)32(28(34)20-30)18-22-8-10-23(11-9-22)29(35)31-14-6-7-15-31/h4,8-13,16,21H,1,5-7,14-15,17-20H2,2-3H3. The van der Waals surface area contributed by atoms with Crippen LogP contribution in [-0.4, -0.2) is 53.6 Å². The molecule has 35 heavy (non-hydrogen) atoms. The minimum Gasteiger partial charge on any atom is -0.339 e. The summed E-state index contributed by atoms with van der Waals surface area (Å²) in [5.41, 5.74) is 4.07. The summed E-state index contributed by atoms with van der Waals surface area (Å²) in [6.07, 6.45) is 4.45. The van der Waals surface area contributed by atoms with E-state index < -0.39 is 0 Å². The van der Waals surface area contributed by atoms with Gasteiger partial charge in [0.25, 0.3) is 5.91 Å². The summed E-state index contributed by atoms with van der Waals surface area (Å²) in [5, 5.41) is 0. The van der Waals surface area contributed by atoms with E-state index >= 15 is 0 Å². The lowest BCUT2D eigenvalue weighted by molar-refractivity contribution is -0.119. The second-order valence-corrected chi connectivity index (χ2v) is 9.68. The lowest BCUT2D eigenvalue weighted by Gasteiger charge is -2.24. The molecule has 2 amide bonds. The van der Waals surface area contributed by atoms with Gasteiger partial charge in [-0.15, -0.1) is 6.58 Å². The number of carbonyl (C=O) groups is 3. The average Bonchev–Trinajstić information content (AvgIpc) is 3.38. The van der Waals surface area contributed by atoms with Crippen LogP contribution >= 0.6 is 0 Å². The van der Waals surface area contributed by atoms with Crippen molar-refractivity contribution in [2.45, 2.75) is 46.2 Å². The molecule has 0 aliphatic carbocycles. The smallest absolute Gasteiger partial charge is 0.253 e. The van der Waals surface area contributed by atoms with Crippen molar-refractivity contribution in [3.8, 4) is 0 Å². The van der Waals surface area contributed by atoms with Crippen LogP contribution < -0.4 is 4.90 Å². The molecule has 0 saturated carbocycles. The number of amides is 2. The van der Waals surface area contributed by atoms with Crippen molar-refractivity contribution in [3.05, 3.63) is 77.4 Å². The molecule has 0 radical (unpaired) electrons. The Hall–Kier alpha value is -3.25. The number of nitrogens with zero attached hydrogens (tertiary/aromatic N) is 3. The molecule has 0 spiro atoms. The minimum absolute atomic E-state index is 0.00155. The van der Waals surface area contributed by atoms with E-state index in [0.29, 0.717) is 37.2 Å². The highest BCUT2D eigenvalue weighted by Gasteiger charge is 2.28. The van der Waals surface area contributed by atoms with Crippen LogP contribution in [0.15, 0.2) is 55.1 Å². The Morgan fingerprint density at radius 3 is 2.37 bits per heavy atom. The molecule has 1 atom stereocenters. The third kappa shape index (κ3) is 5.70. The minimum atomic E-state index is -0.00155. The molecule has 2 aromatic carbocycles. The molecular formula is C29H35N3O3. The summed E-state index contributed by atoms with van der Waals surface area (Å²) in [7, 11) is 0. The number of carbonyl (C=O) groups excluding carboxylic acids is 3. The van der Waals surface area contributed by atoms with Crippen molar-refractivity contribution in [3.63, 3.8) is 0 Å². The lowest BCUT2D eigenvalue weighted by Crippen LogP contribution is -2.38. The summed E-state index contributed by atoms with van der Waals surface area (Å²) < 4.78 is 0. The number of Topliss-reactive ketones (excluding diaryl/α,β-unsaturated/α-hetero) is 1. The third-order valence-electron chi connectivity index (χ3n) is 6.96. The molecule has 6 nitrogen and oxygen atoms in total. The highest BCUT2D eigenvalue weighted by atomic mass is 16.2. The normalized spacial score (nSPS) is 17.1. The van der Waals surface area contributed by atoms with Gasteiger partial charge in [-0.25, -0.2) is 0 Å². The van der Waals surface area contributed by atoms with Gasteiger partial charge in [0.15, 0.2) is 5.78 Å². The summed E-state index contributed by atoms with van der Waals surface area (Å²) >= 11 is 0. The maximum absolute atomic E-state index is 13.5. The van der Waals surface area contributed by atoms with E-state index in [1.807, 2.05) is 60.4 Å². The van der Waals surface area contributed by atoms with E-state index in [4.69, 9.17) is 0 Å². The maximum atomic E-state index is 13.5. The zero-order chi connectivity index (χ0) is 24.9. The van der Waals surface area contributed by atoms with E-state index in [-0.39, 0.29) is 23.5 Å². The van der Waals surface area contributed by atoms with Crippen LogP contribution in [0.25, 0.3) is 0 Å². The lowest BCUT2D eigenvalue weighted by atomic mass is 10.0. The molecule has 2 aliphatic heterocycles. The van der Waals surface area contributed by atoms with E-state index in [9.17, 15) is 14.4 Å². The number of fused-ring (bicyclic) bond motifs is 1. The van der Waals surface area contributed by atoms with Crippen LogP contribution in [0, 0.1) is 5.92 Å². The first-order chi connectivity index (χ1) is 16.9. The first-order valence-electron chi connectivity index (χ1n) is 12.6. The van der Waals surface area contributed by atoms with Crippen LogP contribution in [0.5, 0.6) is 0 Å². The van der Waals surface area contributed by atoms with Gasteiger partial charge in [-0.2, -0.15) is 0 Å². The van der Waals surface area contributed by atoms with Gasteiger partial charge in [0, 0.05) is 49.4 Å². The number of benzene rings is 2. The zero-order valence-corrected chi connectivity index (χ0v) is 20.8. The molecule has 184 valence electrons. The van der Waals surface area contributed by atoms with Gasteiger partial charge < -0.3 is 9.80 Å². The van der Waals surface area contributed by atoms with Crippen molar-refractivity contribution in [1.29, 1.82) is 0 Å². The molecule has 2 aliphatic rings. The Kier molecular flexibility index (Phi) is 7.81. The number of anilines is 1. The summed E-state index contributed by atoms with van der Waals surface area (Å²) in [5.74, 6) is 0.393. The molecule has 6 heteroatoms. The van der Waals surface area contributed by atoms with Gasteiger partial charge in [-0.05, 0) is 48.1 Å². The number of hydrogen-bond donors (Lipinski definition) is 0. The van der Waals surface area contributed by atoms with Crippen molar-refractivity contribution in [1.82, 2.24) is 9.80 Å². The van der Waals surface area contributed by atoms with Crippen molar-refractivity contribution < 1.29 is 14.4 Å². The van der Waals surface area contributed by atoms with Gasteiger partial charge in [-0.3, -0.25) is 19.3 Å². The van der Waals surface area contributed by atoms with Crippen molar-refractivity contribution >= 4 is 23.3 Å². The van der Waals surface area contributed by atoms with E-state index in [1.54, 1.807) is 4.90 Å². The van der Waals surface area contributed by atoms with Gasteiger partial charge in [0.1, 0.15) is 0 Å². The van der Waals surface area contributed by atoms with Crippen LogP contribution in [0.3, 0.4) is 0 Å². The van der Waals surface area contributed by atoms with Crippen LogP contribution in [0.2, 0.25) is 0 Å². The molecule has 0 bridgehead atoms. The molecule has 1 saturated heterocycles. The zero-order valence-electron chi connectivity index (χ0n) is 20.8. The SMILES string of the molecule is C=CC(C)CN1CC(=O)N(Cc2ccc(C(=O)N3CCCC3)cc2)c2cc(C(=O)CC)ccc2C1. The fourth-order valence-corrected chi connectivity index (χ4v) is 4.86. The van der Waals surface area contributed by atoms with E-state index in [2.05, 4.69) is 18.4 Å². The fraction of sp³-hybridized carbons (Fsp3) is 0.414. The molecule has 1 fully saturated rings. The fourth-order valence-electron chi connectivity index (χ4n) is 4.86. The van der Waals surface area contributed by atoms with Crippen LogP contribution in [-0.2, 0) is 17.9 Å². The maximum Gasteiger partial charge on any atom is 0.253 e. The Bertz CT molecular complexity index is 1100. The topological polar surface area (TPSA) is 60.9 Å². The molecule has 4 rings (SSSR count). The number of ketones is 1. The summed E-state index contributed by atoms with van der Waals surface area (Å²) in [4.78, 5) is 44.4. The molecule has 2 heterocycles. The molecule has 0 aromatic heterocycles. The largest absolute Gasteiger partial charge is 0.339 e. The van der Waals surface area contributed by atoms with Gasteiger partial charge in [0.05, 0.1) is 13.1 Å². The second kappa shape index (κ2) is 11.0. The highest BCUT2D eigenvalue weighted by molar-refractivity contribution is 6.00. The summed E-state index contributed by atoms with van der Waals surface area (Å²) in [6.45, 7) is 11.5. The van der Waals surface area contributed by atoms with Crippen LogP contribution in [0.4, 0.5) is 5.69 Å². The van der Waals surface area contributed by atoms with Crippen molar-refractivity contribution in [2.75, 3.05) is 31.1 Å². The van der Waals surface area contributed by atoms with E-state index in [1.165, 1.54) is 0 Å². The quantitative estimate of drug-likeness (QED) is 0.412. The first-order valence-corrected chi connectivity index (χ1v) is 12.6. The molecular weight excluding hydrogens is 438 g/mol. The number of rotatable bonds is 8. The average molecular weight is 474 g/mol. The van der Waals surface area contributed by atoms with E-state index in [0.717, 1.165) is 49.3 Å². The molecule has 0 N–H and O–H groups in total. The Morgan fingerprint density at radius 1 is 1.03 bits per heavy atom. The second-order valence-electron chi connectivity index (χ2n) is 9.68. The predicted octanol–water partition coefficient (Wildman–Crippen LogP) is 4.69. The summed E-state index contributed by atoms with van der Waals surface area (Å²) in [6, 6.07) is 13.3. The predicted molar refractivity (Wildman–Crippen MR) is 138 cm³/mol. The number of likely N-dealkylation sites (tertiary alicyclic amines) is 1. The Balaban J connectivity index is 1.61. The first kappa shape index (κ1) is 24.9. The van der Waals surface area contributed by atoms with Gasteiger partial charge in [0.2, 0.25) is 5.91 Å². The monoisotopic (exact) mass is 473 g/mol. The molecule has 1 unspecified atom stereocenters.